The second-order valence-electron chi connectivity index (χ2n) is 5.22. The predicted molar refractivity (Wildman–Crippen MR) is 87.8 cm³/mol. The maximum Gasteiger partial charge on any atom is 0.211 e. The van der Waals surface area contributed by atoms with Crippen molar-refractivity contribution in [3.63, 3.8) is 0 Å². The molecule has 3 nitrogen and oxygen atoms in total. The Bertz CT molecular complexity index is 601. The van der Waals surface area contributed by atoms with Gasteiger partial charge in [0.25, 0.3) is 0 Å². The standard InChI is InChI=1S/C17H21NO2S/c1-5-18(6-2)14-15(19)12-9-7-8-10-13(12)16(20)17(14)21-11(3)4/h7-11H,5-6H2,1-4H3. The third-order valence-corrected chi connectivity index (χ3v) is 4.57. The highest BCUT2D eigenvalue weighted by Crippen LogP contribution is 2.36. The number of Topliss-reactive ketones (excluding diaryl/α,β-unsaturated/α-hetero) is 2. The van der Waals surface area contributed by atoms with Crippen LogP contribution in [-0.4, -0.2) is 34.8 Å². The molecule has 0 saturated heterocycles. The van der Waals surface area contributed by atoms with Gasteiger partial charge in [0.1, 0.15) is 5.70 Å². The van der Waals surface area contributed by atoms with Crippen molar-refractivity contribution in [3.05, 3.63) is 46.0 Å². The number of benzene rings is 1. The topological polar surface area (TPSA) is 37.4 Å². The zero-order chi connectivity index (χ0) is 15.6. The highest BCUT2D eigenvalue weighted by Gasteiger charge is 2.34. The van der Waals surface area contributed by atoms with Crippen molar-refractivity contribution < 1.29 is 9.59 Å². The Balaban J connectivity index is 2.62. The summed E-state index contributed by atoms with van der Waals surface area (Å²) >= 11 is 1.49. The molecule has 0 unspecified atom stereocenters. The highest BCUT2D eigenvalue weighted by molar-refractivity contribution is 8.04. The number of thioether (sulfide) groups is 1. The smallest absolute Gasteiger partial charge is 0.211 e. The summed E-state index contributed by atoms with van der Waals surface area (Å²) in [4.78, 5) is 28.2. The summed E-state index contributed by atoms with van der Waals surface area (Å²) in [7, 11) is 0. The Morgan fingerprint density at radius 3 is 2.00 bits per heavy atom. The van der Waals surface area contributed by atoms with Crippen LogP contribution in [0.4, 0.5) is 0 Å². The molecule has 1 aromatic carbocycles. The van der Waals surface area contributed by atoms with Crippen molar-refractivity contribution in [1.82, 2.24) is 4.90 Å². The van der Waals surface area contributed by atoms with E-state index in [0.717, 1.165) is 13.1 Å². The average molecular weight is 303 g/mol. The first kappa shape index (κ1) is 15.8. The molecule has 0 N–H and O–H groups in total. The van der Waals surface area contributed by atoms with Crippen LogP contribution in [0.3, 0.4) is 0 Å². The van der Waals surface area contributed by atoms with Crippen LogP contribution in [0.5, 0.6) is 0 Å². The van der Waals surface area contributed by atoms with E-state index in [1.54, 1.807) is 12.1 Å². The Hall–Kier alpha value is -1.55. The van der Waals surface area contributed by atoms with E-state index >= 15 is 0 Å². The molecule has 4 heteroatoms. The van der Waals surface area contributed by atoms with E-state index in [-0.39, 0.29) is 16.8 Å². The summed E-state index contributed by atoms with van der Waals surface area (Å²) in [6.07, 6.45) is 0. The zero-order valence-electron chi connectivity index (χ0n) is 13.0. The maximum absolute atomic E-state index is 12.8. The van der Waals surface area contributed by atoms with Gasteiger partial charge in [-0.2, -0.15) is 0 Å². The quantitative estimate of drug-likeness (QED) is 0.830. The first-order chi connectivity index (χ1) is 10.0. The Kier molecular flexibility index (Phi) is 4.88. The molecule has 2 rings (SSSR count). The second kappa shape index (κ2) is 6.48. The van der Waals surface area contributed by atoms with E-state index in [0.29, 0.717) is 21.7 Å². The molecule has 0 aliphatic heterocycles. The minimum absolute atomic E-state index is 0.0224. The fraction of sp³-hybridized carbons (Fsp3) is 0.412. The van der Waals surface area contributed by atoms with Gasteiger partial charge in [-0.15, -0.1) is 11.8 Å². The van der Waals surface area contributed by atoms with E-state index in [1.807, 2.05) is 44.7 Å². The number of rotatable bonds is 5. The fourth-order valence-electron chi connectivity index (χ4n) is 2.51. The first-order valence-electron chi connectivity index (χ1n) is 7.35. The average Bonchev–Trinajstić information content (AvgIpc) is 2.48. The summed E-state index contributed by atoms with van der Waals surface area (Å²) in [6.45, 7) is 9.52. The predicted octanol–water partition coefficient (Wildman–Crippen LogP) is 3.76. The van der Waals surface area contributed by atoms with Gasteiger partial charge in [0, 0.05) is 29.5 Å². The van der Waals surface area contributed by atoms with Crippen molar-refractivity contribution in [2.45, 2.75) is 32.9 Å². The molecule has 0 spiro atoms. The van der Waals surface area contributed by atoms with Crippen molar-refractivity contribution in [1.29, 1.82) is 0 Å². The molecule has 112 valence electrons. The van der Waals surface area contributed by atoms with Crippen molar-refractivity contribution >= 4 is 23.3 Å². The van der Waals surface area contributed by atoms with Crippen molar-refractivity contribution in [2.75, 3.05) is 13.1 Å². The molecular weight excluding hydrogens is 282 g/mol. The largest absolute Gasteiger partial charge is 0.368 e. The van der Waals surface area contributed by atoms with Crippen molar-refractivity contribution in [3.8, 4) is 0 Å². The molecule has 0 amide bonds. The lowest BCUT2D eigenvalue weighted by molar-refractivity contribution is 0.0950. The Morgan fingerprint density at radius 2 is 1.52 bits per heavy atom. The van der Waals surface area contributed by atoms with Gasteiger partial charge in [-0.3, -0.25) is 9.59 Å². The van der Waals surface area contributed by atoms with Crippen LogP contribution in [0, 0.1) is 0 Å². The Morgan fingerprint density at radius 1 is 1.00 bits per heavy atom. The lowest BCUT2D eigenvalue weighted by atomic mass is 9.92. The van der Waals surface area contributed by atoms with Crippen LogP contribution in [0.2, 0.25) is 0 Å². The number of carbonyl (C=O) groups is 2. The van der Waals surface area contributed by atoms with Crippen LogP contribution in [0.1, 0.15) is 48.4 Å². The molecule has 1 aliphatic carbocycles. The molecule has 1 aromatic rings. The van der Waals surface area contributed by atoms with Crippen LogP contribution in [0.15, 0.2) is 34.9 Å². The summed E-state index contributed by atoms with van der Waals surface area (Å²) < 4.78 is 0. The number of hydrogen-bond acceptors (Lipinski definition) is 4. The number of nitrogens with zero attached hydrogens (tertiary/aromatic N) is 1. The molecule has 0 heterocycles. The summed E-state index contributed by atoms with van der Waals surface area (Å²) in [5.41, 5.74) is 1.63. The molecule has 0 bridgehead atoms. The number of carbonyl (C=O) groups excluding carboxylic acids is 2. The van der Waals surface area contributed by atoms with Gasteiger partial charge in [0.15, 0.2) is 0 Å². The van der Waals surface area contributed by atoms with Gasteiger partial charge in [-0.1, -0.05) is 38.1 Å². The number of allylic oxidation sites excluding steroid dienone is 2. The van der Waals surface area contributed by atoms with Crippen LogP contribution in [0.25, 0.3) is 0 Å². The number of ketones is 2. The monoisotopic (exact) mass is 303 g/mol. The fourth-order valence-corrected chi connectivity index (χ4v) is 3.53. The maximum atomic E-state index is 12.8. The van der Waals surface area contributed by atoms with Crippen LogP contribution in [-0.2, 0) is 0 Å². The molecular formula is C17H21NO2S. The molecule has 0 fully saturated rings. The Labute approximate surface area is 130 Å². The third-order valence-electron chi connectivity index (χ3n) is 3.49. The summed E-state index contributed by atoms with van der Waals surface area (Å²) in [6, 6.07) is 7.11. The van der Waals surface area contributed by atoms with E-state index < -0.39 is 0 Å². The van der Waals surface area contributed by atoms with Crippen LogP contribution >= 0.6 is 11.8 Å². The molecule has 0 aromatic heterocycles. The minimum Gasteiger partial charge on any atom is -0.368 e. The van der Waals surface area contributed by atoms with E-state index in [2.05, 4.69) is 0 Å². The molecule has 0 saturated carbocycles. The van der Waals surface area contributed by atoms with E-state index in [1.165, 1.54) is 11.8 Å². The van der Waals surface area contributed by atoms with Gasteiger partial charge < -0.3 is 4.90 Å². The summed E-state index contributed by atoms with van der Waals surface area (Å²) in [5.74, 6) is -0.0529. The lowest BCUT2D eigenvalue weighted by Crippen LogP contribution is -2.33. The van der Waals surface area contributed by atoms with Gasteiger partial charge in [0.2, 0.25) is 11.6 Å². The van der Waals surface area contributed by atoms with Gasteiger partial charge in [-0.25, -0.2) is 0 Å². The molecule has 0 radical (unpaired) electrons. The molecule has 0 atom stereocenters. The van der Waals surface area contributed by atoms with E-state index in [4.69, 9.17) is 0 Å². The van der Waals surface area contributed by atoms with E-state index in [9.17, 15) is 9.59 Å². The highest BCUT2D eigenvalue weighted by atomic mass is 32.2. The SMILES string of the molecule is CCN(CC)C1=C(SC(C)C)C(=O)c2ccccc2C1=O. The summed E-state index contributed by atoms with van der Waals surface area (Å²) in [5, 5.41) is 0.257. The molecule has 1 aliphatic rings. The second-order valence-corrected chi connectivity index (χ2v) is 6.81. The third kappa shape index (κ3) is 2.91. The van der Waals surface area contributed by atoms with Gasteiger partial charge >= 0.3 is 0 Å². The zero-order valence-corrected chi connectivity index (χ0v) is 13.8. The number of likely N-dealkylation sites (N-methyl/N-ethyl adjacent to an activating group) is 1. The molecule has 21 heavy (non-hydrogen) atoms. The number of hydrogen-bond donors (Lipinski definition) is 0. The van der Waals surface area contributed by atoms with Crippen LogP contribution < -0.4 is 0 Å². The van der Waals surface area contributed by atoms with Gasteiger partial charge in [0.05, 0.1) is 4.91 Å². The first-order valence-corrected chi connectivity index (χ1v) is 8.23. The van der Waals surface area contributed by atoms with Gasteiger partial charge in [-0.05, 0) is 13.8 Å². The normalized spacial score (nSPS) is 14.7. The number of fused-ring (bicyclic) bond motifs is 1. The minimum atomic E-state index is -0.0305. The van der Waals surface area contributed by atoms with Crippen molar-refractivity contribution in [2.24, 2.45) is 0 Å². The lowest BCUT2D eigenvalue weighted by Gasteiger charge is -2.30.